The van der Waals surface area contributed by atoms with Crippen molar-refractivity contribution in [1.82, 2.24) is 0 Å². The van der Waals surface area contributed by atoms with Gasteiger partial charge in [0.05, 0.1) is 7.11 Å². The molecule has 0 fully saturated rings. The van der Waals surface area contributed by atoms with Gasteiger partial charge in [-0.2, -0.15) is 0 Å². The van der Waals surface area contributed by atoms with Gasteiger partial charge >= 0.3 is 0 Å². The predicted molar refractivity (Wildman–Crippen MR) is 84.1 cm³/mol. The van der Waals surface area contributed by atoms with E-state index < -0.39 is 0 Å². The highest BCUT2D eigenvalue weighted by Gasteiger charge is 2.09. The summed E-state index contributed by atoms with van der Waals surface area (Å²) < 4.78 is 5.23. The fourth-order valence-electron chi connectivity index (χ4n) is 2.24. The van der Waals surface area contributed by atoms with Crippen LogP contribution in [0.2, 0.25) is 0 Å². The maximum Gasteiger partial charge on any atom is 0.119 e. The van der Waals surface area contributed by atoms with Gasteiger partial charge in [0.15, 0.2) is 0 Å². The molecule has 0 saturated heterocycles. The van der Waals surface area contributed by atoms with Crippen molar-refractivity contribution in [2.75, 3.05) is 7.11 Å². The molecule has 0 bridgehead atoms. The standard InChI is InChI=1S/C16H21NO.ClH/c1-11(2)8-16(17)14-5-4-13-10-15(18-3)7-6-12(13)9-14;/h4-7,9-11,16H,8,17H2,1-3H3;1H/t16-;/m1./s1. The monoisotopic (exact) mass is 279 g/mol. The summed E-state index contributed by atoms with van der Waals surface area (Å²) in [6.45, 7) is 4.40. The number of rotatable bonds is 4. The molecule has 0 aliphatic heterocycles. The number of halogens is 1. The van der Waals surface area contributed by atoms with Crippen molar-refractivity contribution in [3.8, 4) is 5.75 Å². The Labute approximate surface area is 121 Å². The van der Waals surface area contributed by atoms with Crippen molar-refractivity contribution in [1.29, 1.82) is 0 Å². The minimum Gasteiger partial charge on any atom is -0.497 e. The maximum absolute atomic E-state index is 6.22. The van der Waals surface area contributed by atoms with Crippen LogP contribution < -0.4 is 10.5 Å². The van der Waals surface area contributed by atoms with Crippen molar-refractivity contribution >= 4 is 23.2 Å². The molecule has 0 saturated carbocycles. The van der Waals surface area contributed by atoms with Gasteiger partial charge in [-0.25, -0.2) is 0 Å². The number of ether oxygens (including phenoxy) is 1. The fraction of sp³-hybridized carbons (Fsp3) is 0.375. The number of hydrogen-bond donors (Lipinski definition) is 1. The van der Waals surface area contributed by atoms with Gasteiger partial charge in [-0.1, -0.05) is 32.0 Å². The lowest BCUT2D eigenvalue weighted by molar-refractivity contribution is 0.415. The van der Waals surface area contributed by atoms with Crippen LogP contribution in [0, 0.1) is 5.92 Å². The SMILES string of the molecule is COc1ccc2cc([C@H](N)CC(C)C)ccc2c1.Cl. The zero-order valence-electron chi connectivity index (χ0n) is 11.7. The first-order chi connectivity index (χ1) is 8.60. The molecule has 0 spiro atoms. The molecule has 2 aromatic carbocycles. The summed E-state index contributed by atoms with van der Waals surface area (Å²) in [6, 6.07) is 12.7. The average Bonchev–Trinajstić information content (AvgIpc) is 2.36. The molecule has 2 aromatic rings. The highest BCUT2D eigenvalue weighted by Crippen LogP contribution is 2.25. The molecule has 0 heterocycles. The van der Waals surface area contributed by atoms with Crippen molar-refractivity contribution in [2.45, 2.75) is 26.3 Å². The molecule has 2 nitrogen and oxygen atoms in total. The predicted octanol–water partition coefficient (Wildman–Crippen LogP) is 4.32. The van der Waals surface area contributed by atoms with E-state index in [1.54, 1.807) is 7.11 Å². The number of hydrogen-bond acceptors (Lipinski definition) is 2. The van der Waals surface area contributed by atoms with E-state index in [4.69, 9.17) is 10.5 Å². The van der Waals surface area contributed by atoms with Crippen LogP contribution in [0.1, 0.15) is 31.9 Å². The van der Waals surface area contributed by atoms with Gasteiger partial charge in [-0.3, -0.25) is 0 Å². The number of fused-ring (bicyclic) bond motifs is 1. The number of methoxy groups -OCH3 is 1. The topological polar surface area (TPSA) is 35.2 Å². The molecule has 2 rings (SSSR count). The quantitative estimate of drug-likeness (QED) is 0.905. The van der Waals surface area contributed by atoms with E-state index in [2.05, 4.69) is 38.1 Å². The lowest BCUT2D eigenvalue weighted by Gasteiger charge is -2.15. The minimum atomic E-state index is 0. The number of nitrogens with two attached hydrogens (primary N) is 1. The Morgan fingerprint density at radius 3 is 2.32 bits per heavy atom. The average molecular weight is 280 g/mol. The molecule has 3 heteroatoms. The second-order valence-corrected chi connectivity index (χ2v) is 5.21. The zero-order chi connectivity index (χ0) is 13.1. The van der Waals surface area contributed by atoms with Crippen LogP contribution in [-0.2, 0) is 0 Å². The largest absolute Gasteiger partial charge is 0.497 e. The number of benzene rings is 2. The van der Waals surface area contributed by atoms with Crippen molar-refractivity contribution in [3.63, 3.8) is 0 Å². The van der Waals surface area contributed by atoms with Crippen LogP contribution in [0.4, 0.5) is 0 Å². The third-order valence-corrected chi connectivity index (χ3v) is 3.22. The van der Waals surface area contributed by atoms with Crippen LogP contribution in [0.5, 0.6) is 5.75 Å². The Balaban J connectivity index is 0.00000180. The van der Waals surface area contributed by atoms with E-state index in [0.717, 1.165) is 12.2 Å². The molecule has 0 aliphatic carbocycles. The summed E-state index contributed by atoms with van der Waals surface area (Å²) in [5, 5.41) is 2.40. The molecule has 0 unspecified atom stereocenters. The Kier molecular flexibility index (Phi) is 5.64. The maximum atomic E-state index is 6.22. The molecule has 0 aliphatic rings. The van der Waals surface area contributed by atoms with E-state index in [0.29, 0.717) is 5.92 Å². The third-order valence-electron chi connectivity index (χ3n) is 3.22. The van der Waals surface area contributed by atoms with Gasteiger partial charge in [0.25, 0.3) is 0 Å². The van der Waals surface area contributed by atoms with Crippen molar-refractivity contribution in [2.24, 2.45) is 11.7 Å². The Morgan fingerprint density at radius 1 is 1.05 bits per heavy atom. The highest BCUT2D eigenvalue weighted by molar-refractivity contribution is 5.85. The zero-order valence-corrected chi connectivity index (χ0v) is 12.5. The molecule has 19 heavy (non-hydrogen) atoms. The third kappa shape index (κ3) is 3.85. The summed E-state index contributed by atoms with van der Waals surface area (Å²) in [6.07, 6.45) is 1.02. The van der Waals surface area contributed by atoms with Crippen LogP contribution in [0.15, 0.2) is 36.4 Å². The molecular weight excluding hydrogens is 258 g/mol. The molecule has 0 radical (unpaired) electrons. The van der Waals surface area contributed by atoms with E-state index in [1.807, 2.05) is 12.1 Å². The lowest BCUT2D eigenvalue weighted by Crippen LogP contribution is -2.12. The smallest absolute Gasteiger partial charge is 0.119 e. The van der Waals surface area contributed by atoms with E-state index in [1.165, 1.54) is 16.3 Å². The first-order valence-electron chi connectivity index (χ1n) is 6.43. The van der Waals surface area contributed by atoms with Gasteiger partial charge in [-0.15, -0.1) is 12.4 Å². The van der Waals surface area contributed by atoms with Gasteiger partial charge in [0.2, 0.25) is 0 Å². The second-order valence-electron chi connectivity index (χ2n) is 5.21. The molecule has 0 amide bonds. The Hall–Kier alpha value is -1.25. The van der Waals surface area contributed by atoms with Gasteiger partial charge in [0, 0.05) is 6.04 Å². The molecule has 104 valence electrons. The lowest BCUT2D eigenvalue weighted by atomic mass is 9.96. The van der Waals surface area contributed by atoms with Crippen LogP contribution in [-0.4, -0.2) is 7.11 Å². The minimum absolute atomic E-state index is 0. The summed E-state index contributed by atoms with van der Waals surface area (Å²) in [4.78, 5) is 0. The van der Waals surface area contributed by atoms with Crippen molar-refractivity contribution in [3.05, 3.63) is 42.0 Å². The molecule has 2 N–H and O–H groups in total. The van der Waals surface area contributed by atoms with E-state index in [-0.39, 0.29) is 18.4 Å². The van der Waals surface area contributed by atoms with Crippen LogP contribution in [0.3, 0.4) is 0 Å². The van der Waals surface area contributed by atoms with Crippen molar-refractivity contribution < 1.29 is 4.74 Å². The first-order valence-corrected chi connectivity index (χ1v) is 6.43. The molecule has 1 atom stereocenters. The van der Waals surface area contributed by atoms with E-state index in [9.17, 15) is 0 Å². The van der Waals surface area contributed by atoms with Crippen LogP contribution >= 0.6 is 12.4 Å². The Bertz CT molecular complexity index is 539. The summed E-state index contributed by atoms with van der Waals surface area (Å²) in [5.74, 6) is 1.51. The molecule has 0 aromatic heterocycles. The first kappa shape index (κ1) is 15.8. The second kappa shape index (κ2) is 6.78. The van der Waals surface area contributed by atoms with Crippen LogP contribution in [0.25, 0.3) is 10.8 Å². The normalized spacial score (nSPS) is 12.3. The van der Waals surface area contributed by atoms with Gasteiger partial charge in [-0.05, 0) is 46.9 Å². The van der Waals surface area contributed by atoms with Gasteiger partial charge in [0.1, 0.15) is 5.75 Å². The summed E-state index contributed by atoms with van der Waals surface area (Å²) >= 11 is 0. The molecular formula is C16H22ClNO. The summed E-state index contributed by atoms with van der Waals surface area (Å²) in [5.41, 5.74) is 7.43. The highest BCUT2D eigenvalue weighted by atomic mass is 35.5. The van der Waals surface area contributed by atoms with Gasteiger partial charge < -0.3 is 10.5 Å². The summed E-state index contributed by atoms with van der Waals surface area (Å²) in [7, 11) is 1.69. The Morgan fingerprint density at radius 2 is 1.68 bits per heavy atom. The van der Waals surface area contributed by atoms with E-state index >= 15 is 0 Å². The fourth-order valence-corrected chi connectivity index (χ4v) is 2.24.